The number of hydrogen-bond donors (Lipinski definition) is 0. The first-order valence-corrected chi connectivity index (χ1v) is 14.7. The van der Waals surface area contributed by atoms with E-state index >= 15 is 0 Å². The molecule has 1 aliphatic rings. The number of ether oxygens (including phenoxy) is 2. The number of aldehydes is 1. The van der Waals surface area contributed by atoms with Crippen molar-refractivity contribution in [1.82, 2.24) is 4.90 Å². The van der Waals surface area contributed by atoms with Crippen LogP contribution in [0.1, 0.15) is 17.5 Å². The van der Waals surface area contributed by atoms with E-state index in [-0.39, 0.29) is 6.54 Å². The molecule has 1 aliphatic heterocycles. The van der Waals surface area contributed by atoms with Crippen molar-refractivity contribution in [3.8, 4) is 11.1 Å². The summed E-state index contributed by atoms with van der Waals surface area (Å²) in [6.07, 6.45) is 2.61. The second-order valence-electron chi connectivity index (χ2n) is 9.53. The summed E-state index contributed by atoms with van der Waals surface area (Å²) in [5.41, 5.74) is 3.42. The van der Waals surface area contributed by atoms with Crippen LogP contribution >= 0.6 is 0 Å². The summed E-state index contributed by atoms with van der Waals surface area (Å²) in [4.78, 5) is 26.0. The van der Waals surface area contributed by atoms with E-state index in [1.165, 1.54) is 4.90 Å². The van der Waals surface area contributed by atoms with Crippen LogP contribution in [0, 0.1) is 0 Å². The molecule has 1 fully saturated rings. The molecule has 2 aromatic rings. The third-order valence-electron chi connectivity index (χ3n) is 6.13. The van der Waals surface area contributed by atoms with Gasteiger partial charge in [-0.05, 0) is 28.3 Å². The van der Waals surface area contributed by atoms with Gasteiger partial charge in [-0.2, -0.15) is 0 Å². The van der Waals surface area contributed by atoms with Gasteiger partial charge in [-0.25, -0.2) is 4.79 Å². The summed E-state index contributed by atoms with van der Waals surface area (Å²) < 4.78 is 11.4. The molecule has 2 aromatic carbocycles. The van der Waals surface area contributed by atoms with Crippen LogP contribution in [0.4, 0.5) is 4.79 Å². The molecule has 1 heterocycles. The molecular weight excluding hydrogens is 418 g/mol. The van der Waals surface area contributed by atoms with E-state index in [0.717, 1.165) is 34.6 Å². The fourth-order valence-electron chi connectivity index (χ4n) is 4.12. The number of benzene rings is 2. The Kier molecular flexibility index (Phi) is 7.36. The first kappa shape index (κ1) is 23.9. The number of amides is 1. The first-order chi connectivity index (χ1) is 15.2. The molecule has 0 N–H and O–H groups in total. The van der Waals surface area contributed by atoms with E-state index in [9.17, 15) is 9.59 Å². The highest BCUT2D eigenvalue weighted by Gasteiger charge is 2.48. The molecule has 0 aliphatic carbocycles. The summed E-state index contributed by atoms with van der Waals surface area (Å²) in [5, 5.41) is 0. The number of hydrogen-bond acceptors (Lipinski definition) is 4. The fraction of sp³-hybridized carbons (Fsp3) is 0.385. The van der Waals surface area contributed by atoms with Crippen LogP contribution in [-0.4, -0.2) is 51.7 Å². The molecule has 0 aromatic heterocycles. The molecule has 1 saturated heterocycles. The lowest BCUT2D eigenvalue weighted by atomic mass is 9.89. The topological polar surface area (TPSA) is 55.8 Å². The van der Waals surface area contributed by atoms with Gasteiger partial charge in [0.1, 0.15) is 11.9 Å². The minimum absolute atomic E-state index is 0.279. The fourth-order valence-corrected chi connectivity index (χ4v) is 4.83. The average Bonchev–Trinajstić information content (AvgIpc) is 3.19. The largest absolute Gasteiger partial charge is 0.450 e. The van der Waals surface area contributed by atoms with Crippen molar-refractivity contribution in [2.75, 3.05) is 20.3 Å². The maximum absolute atomic E-state index is 12.7. The van der Waals surface area contributed by atoms with E-state index in [0.29, 0.717) is 13.0 Å². The molecule has 1 amide bonds. The first-order valence-electron chi connectivity index (χ1n) is 11.0. The number of rotatable bonds is 8. The maximum atomic E-state index is 12.7. The van der Waals surface area contributed by atoms with Gasteiger partial charge < -0.3 is 14.3 Å². The summed E-state index contributed by atoms with van der Waals surface area (Å²) in [6, 6.07) is 16.5. The zero-order chi connectivity index (χ0) is 23.4. The van der Waals surface area contributed by atoms with Crippen LogP contribution in [-0.2, 0) is 19.9 Å². The maximum Gasteiger partial charge on any atom is 0.410 e. The Labute approximate surface area is 192 Å². The second-order valence-corrected chi connectivity index (χ2v) is 15.1. The number of nitrogens with zero attached hydrogens (tertiary/aromatic N) is 1. The SMILES string of the molecule is C=Cc1ccccc1-c1ccc([C@]2(OC)C[C@@H](C=O)N(C(=O)OCC[Si](C)(C)C)C2)cc1. The van der Waals surface area contributed by atoms with Crippen molar-refractivity contribution in [2.45, 2.75) is 43.7 Å². The van der Waals surface area contributed by atoms with Gasteiger partial charge in [0.15, 0.2) is 0 Å². The number of methoxy groups -OCH3 is 1. The molecule has 0 radical (unpaired) electrons. The molecule has 0 unspecified atom stereocenters. The standard InChI is InChI=1S/C26H33NO4Si/c1-6-20-9-7-8-10-24(20)21-11-13-22(14-12-21)26(30-2)17-23(18-28)27(19-26)25(29)31-15-16-32(3,4)5/h6-14,18,23H,1,15-17,19H2,2-5H3/t23-,26-/m0/s1. The summed E-state index contributed by atoms with van der Waals surface area (Å²) in [7, 11) is 0.315. The van der Waals surface area contributed by atoms with Crippen LogP contribution in [0.5, 0.6) is 0 Å². The molecule has 0 bridgehead atoms. The molecular formula is C26H33NO4Si. The minimum Gasteiger partial charge on any atom is -0.450 e. The second kappa shape index (κ2) is 9.84. The molecule has 32 heavy (non-hydrogen) atoms. The van der Waals surface area contributed by atoms with Crippen LogP contribution in [0.15, 0.2) is 55.1 Å². The predicted molar refractivity (Wildman–Crippen MR) is 131 cm³/mol. The zero-order valence-corrected chi connectivity index (χ0v) is 20.5. The average molecular weight is 452 g/mol. The smallest absolute Gasteiger partial charge is 0.410 e. The van der Waals surface area contributed by atoms with Gasteiger partial charge >= 0.3 is 6.09 Å². The lowest BCUT2D eigenvalue weighted by Crippen LogP contribution is -2.39. The Balaban J connectivity index is 1.80. The normalized spacial score (nSPS) is 20.8. The van der Waals surface area contributed by atoms with E-state index < -0.39 is 25.8 Å². The molecule has 5 nitrogen and oxygen atoms in total. The molecule has 3 rings (SSSR count). The van der Waals surface area contributed by atoms with E-state index in [1.807, 2.05) is 48.5 Å². The van der Waals surface area contributed by atoms with Crippen molar-refractivity contribution < 1.29 is 19.1 Å². The molecule has 2 atom stereocenters. The van der Waals surface area contributed by atoms with Gasteiger partial charge in [0.05, 0.1) is 19.2 Å². The van der Waals surface area contributed by atoms with E-state index in [4.69, 9.17) is 9.47 Å². The highest BCUT2D eigenvalue weighted by atomic mass is 28.3. The van der Waals surface area contributed by atoms with Crippen molar-refractivity contribution >= 4 is 26.5 Å². The Morgan fingerprint density at radius 2 is 1.88 bits per heavy atom. The number of carbonyl (C=O) groups is 2. The zero-order valence-electron chi connectivity index (χ0n) is 19.5. The van der Waals surface area contributed by atoms with Gasteiger partial charge in [-0.1, -0.05) is 80.8 Å². The highest BCUT2D eigenvalue weighted by molar-refractivity contribution is 6.76. The summed E-state index contributed by atoms with van der Waals surface area (Å²) >= 11 is 0. The van der Waals surface area contributed by atoms with Gasteiger partial charge in [-0.15, -0.1) is 0 Å². The number of carbonyl (C=O) groups excluding carboxylic acids is 2. The molecule has 0 spiro atoms. The Hall–Kier alpha value is -2.70. The lowest BCUT2D eigenvalue weighted by Gasteiger charge is -2.28. The van der Waals surface area contributed by atoms with Crippen LogP contribution in [0.25, 0.3) is 17.2 Å². The van der Waals surface area contributed by atoms with Gasteiger partial charge in [0, 0.05) is 21.6 Å². The van der Waals surface area contributed by atoms with E-state index in [2.05, 4.69) is 32.3 Å². The molecule has 170 valence electrons. The van der Waals surface area contributed by atoms with Crippen LogP contribution in [0.2, 0.25) is 25.7 Å². The molecule has 0 saturated carbocycles. The quantitative estimate of drug-likeness (QED) is 0.388. The Bertz CT molecular complexity index is 967. The Morgan fingerprint density at radius 3 is 2.47 bits per heavy atom. The lowest BCUT2D eigenvalue weighted by molar-refractivity contribution is -0.111. The van der Waals surface area contributed by atoms with Crippen molar-refractivity contribution in [3.63, 3.8) is 0 Å². The molecule has 6 heteroatoms. The van der Waals surface area contributed by atoms with Gasteiger partial charge in [0.2, 0.25) is 0 Å². The van der Waals surface area contributed by atoms with Gasteiger partial charge in [-0.3, -0.25) is 4.90 Å². The highest BCUT2D eigenvalue weighted by Crippen LogP contribution is 2.39. The van der Waals surface area contributed by atoms with Crippen molar-refractivity contribution in [3.05, 3.63) is 66.2 Å². The summed E-state index contributed by atoms with van der Waals surface area (Å²) in [5.74, 6) is 0. The number of likely N-dealkylation sites (tertiary alicyclic amines) is 1. The van der Waals surface area contributed by atoms with Crippen molar-refractivity contribution in [2.24, 2.45) is 0 Å². The summed E-state index contributed by atoms with van der Waals surface area (Å²) in [6.45, 7) is 11.3. The van der Waals surface area contributed by atoms with Gasteiger partial charge in [0.25, 0.3) is 0 Å². The van der Waals surface area contributed by atoms with Crippen LogP contribution < -0.4 is 0 Å². The third kappa shape index (κ3) is 5.19. The van der Waals surface area contributed by atoms with Crippen molar-refractivity contribution in [1.29, 1.82) is 0 Å². The monoisotopic (exact) mass is 451 g/mol. The third-order valence-corrected chi connectivity index (χ3v) is 7.83. The predicted octanol–water partition coefficient (Wildman–Crippen LogP) is 5.59. The minimum atomic E-state index is -1.31. The van der Waals surface area contributed by atoms with E-state index in [1.54, 1.807) is 7.11 Å². The Morgan fingerprint density at radius 1 is 1.19 bits per heavy atom. The van der Waals surface area contributed by atoms with Crippen LogP contribution in [0.3, 0.4) is 0 Å².